The maximum atomic E-state index is 13.6. The van der Waals surface area contributed by atoms with Crippen LogP contribution in [0.1, 0.15) is 63.4 Å². The van der Waals surface area contributed by atoms with E-state index in [1.165, 1.54) is 50.5 Å². The third kappa shape index (κ3) is 4.34. The molecule has 1 aliphatic rings. The van der Waals surface area contributed by atoms with Crippen LogP contribution in [-0.2, 0) is 0 Å². The molecular weight excluding hydrogens is 369 g/mol. The zero-order valence-corrected chi connectivity index (χ0v) is 16.9. The summed E-state index contributed by atoms with van der Waals surface area (Å²) in [6.07, 6.45) is 9.15. The van der Waals surface area contributed by atoms with Gasteiger partial charge in [0, 0.05) is 0 Å². The Bertz CT molecular complexity index is 977. The van der Waals surface area contributed by atoms with Crippen LogP contribution in [-0.4, -0.2) is 0 Å². The summed E-state index contributed by atoms with van der Waals surface area (Å²) in [5.41, 5.74) is 2.41. The average molecular weight is 396 g/mol. The Morgan fingerprint density at radius 1 is 0.759 bits per heavy atom. The van der Waals surface area contributed by atoms with Crippen LogP contribution in [0.3, 0.4) is 0 Å². The van der Waals surface area contributed by atoms with Crippen LogP contribution in [0, 0.1) is 23.4 Å². The van der Waals surface area contributed by atoms with Crippen LogP contribution in [0.15, 0.2) is 48.5 Å². The lowest BCUT2D eigenvalue weighted by molar-refractivity contribution is 0.304. The minimum Gasteiger partial charge on any atom is -0.204 e. The van der Waals surface area contributed by atoms with Gasteiger partial charge in [0.05, 0.1) is 0 Å². The Morgan fingerprint density at radius 3 is 2.10 bits per heavy atom. The normalized spacial score (nSPS) is 19.6. The summed E-state index contributed by atoms with van der Waals surface area (Å²) in [6.45, 7) is 2.26. The summed E-state index contributed by atoms with van der Waals surface area (Å²) in [7, 11) is 0. The molecule has 29 heavy (non-hydrogen) atoms. The van der Waals surface area contributed by atoms with Crippen molar-refractivity contribution < 1.29 is 13.2 Å². The zero-order chi connectivity index (χ0) is 20.4. The van der Waals surface area contributed by atoms with E-state index in [0.29, 0.717) is 17.0 Å². The minimum atomic E-state index is -1.43. The van der Waals surface area contributed by atoms with E-state index in [2.05, 4.69) is 25.1 Å². The average Bonchev–Trinajstić information content (AvgIpc) is 2.75. The number of hydrogen-bond acceptors (Lipinski definition) is 0. The van der Waals surface area contributed by atoms with Gasteiger partial charge in [-0.1, -0.05) is 56.5 Å². The summed E-state index contributed by atoms with van der Waals surface area (Å²) in [6, 6.07) is 14.4. The Morgan fingerprint density at radius 2 is 1.41 bits per heavy atom. The summed E-state index contributed by atoms with van der Waals surface area (Å²) in [5, 5.41) is 2.15. The lowest BCUT2D eigenvalue weighted by Gasteiger charge is -2.29. The molecule has 4 rings (SSSR count). The van der Waals surface area contributed by atoms with Gasteiger partial charge in [-0.05, 0) is 83.2 Å². The van der Waals surface area contributed by atoms with E-state index in [1.54, 1.807) is 0 Å². The summed E-state index contributed by atoms with van der Waals surface area (Å²) >= 11 is 0. The van der Waals surface area contributed by atoms with E-state index in [0.717, 1.165) is 28.8 Å². The van der Waals surface area contributed by atoms with Crippen molar-refractivity contribution in [2.24, 2.45) is 5.92 Å². The van der Waals surface area contributed by atoms with Gasteiger partial charge < -0.3 is 0 Å². The molecular formula is C26H27F3. The fourth-order valence-electron chi connectivity index (χ4n) is 4.70. The predicted octanol–water partition coefficient (Wildman–Crippen LogP) is 8.39. The van der Waals surface area contributed by atoms with E-state index >= 15 is 0 Å². The molecule has 0 amide bonds. The summed E-state index contributed by atoms with van der Waals surface area (Å²) in [4.78, 5) is 0. The van der Waals surface area contributed by atoms with E-state index in [4.69, 9.17) is 0 Å². The highest BCUT2D eigenvalue weighted by atomic mass is 19.2. The Hall–Kier alpha value is -2.29. The maximum absolute atomic E-state index is 13.6. The van der Waals surface area contributed by atoms with Crippen molar-refractivity contribution in [2.45, 2.75) is 57.8 Å². The molecule has 0 spiro atoms. The Kier molecular flexibility index (Phi) is 5.94. The molecule has 3 heteroatoms. The van der Waals surface area contributed by atoms with E-state index in [-0.39, 0.29) is 0 Å². The fraction of sp³-hybridized carbons (Fsp3) is 0.385. The molecule has 0 aliphatic heterocycles. The van der Waals surface area contributed by atoms with E-state index in [1.807, 2.05) is 18.2 Å². The highest BCUT2D eigenvalue weighted by molar-refractivity contribution is 5.88. The lowest BCUT2D eigenvalue weighted by atomic mass is 9.77. The molecule has 0 radical (unpaired) electrons. The molecule has 1 saturated carbocycles. The molecule has 0 unspecified atom stereocenters. The van der Waals surface area contributed by atoms with Crippen molar-refractivity contribution in [3.63, 3.8) is 0 Å². The molecule has 0 nitrogen and oxygen atoms in total. The van der Waals surface area contributed by atoms with Gasteiger partial charge in [0.2, 0.25) is 0 Å². The number of unbranched alkanes of at least 4 members (excludes halogenated alkanes) is 1. The molecule has 3 aromatic carbocycles. The second-order valence-electron chi connectivity index (χ2n) is 8.44. The highest BCUT2D eigenvalue weighted by Gasteiger charge is 2.22. The lowest BCUT2D eigenvalue weighted by Crippen LogP contribution is -2.13. The van der Waals surface area contributed by atoms with Gasteiger partial charge in [0.1, 0.15) is 0 Å². The third-order valence-electron chi connectivity index (χ3n) is 6.47. The van der Waals surface area contributed by atoms with Crippen LogP contribution in [0.4, 0.5) is 13.2 Å². The van der Waals surface area contributed by atoms with Crippen molar-refractivity contribution in [1.82, 2.24) is 0 Å². The topological polar surface area (TPSA) is 0 Å². The van der Waals surface area contributed by atoms with Gasteiger partial charge in [0.25, 0.3) is 0 Å². The van der Waals surface area contributed by atoms with Crippen molar-refractivity contribution >= 4 is 10.8 Å². The first kappa shape index (κ1) is 20.0. The molecule has 0 saturated heterocycles. The van der Waals surface area contributed by atoms with Gasteiger partial charge in [-0.25, -0.2) is 13.2 Å². The van der Waals surface area contributed by atoms with E-state index in [9.17, 15) is 13.2 Å². The molecule has 0 aromatic heterocycles. The highest BCUT2D eigenvalue weighted by Crippen LogP contribution is 2.39. The van der Waals surface area contributed by atoms with Gasteiger partial charge in [0.15, 0.2) is 17.5 Å². The van der Waals surface area contributed by atoms with Crippen LogP contribution in [0.5, 0.6) is 0 Å². The van der Waals surface area contributed by atoms with Crippen molar-refractivity contribution in [3.8, 4) is 11.1 Å². The number of halogens is 3. The molecule has 3 aromatic rings. The maximum Gasteiger partial charge on any atom is 0.194 e. The number of rotatable bonds is 5. The second-order valence-corrected chi connectivity index (χ2v) is 8.44. The SMILES string of the molecule is CCCC[C@H]1CC[C@H](c2ccc3cc(-c4cc(F)c(F)c(F)c4)ccc3c2)CC1. The monoisotopic (exact) mass is 396 g/mol. The van der Waals surface area contributed by atoms with Crippen LogP contribution >= 0.6 is 0 Å². The number of hydrogen-bond donors (Lipinski definition) is 0. The minimum absolute atomic E-state index is 0.345. The zero-order valence-electron chi connectivity index (χ0n) is 16.9. The van der Waals surface area contributed by atoms with Gasteiger partial charge >= 0.3 is 0 Å². The van der Waals surface area contributed by atoms with Gasteiger partial charge in [-0.2, -0.15) is 0 Å². The van der Waals surface area contributed by atoms with E-state index < -0.39 is 17.5 Å². The molecule has 0 atom stereocenters. The summed E-state index contributed by atoms with van der Waals surface area (Å²) in [5.74, 6) is -2.23. The largest absolute Gasteiger partial charge is 0.204 e. The predicted molar refractivity (Wildman–Crippen MR) is 113 cm³/mol. The van der Waals surface area contributed by atoms with Crippen LogP contribution in [0.2, 0.25) is 0 Å². The fourth-order valence-corrected chi connectivity index (χ4v) is 4.70. The van der Waals surface area contributed by atoms with Crippen molar-refractivity contribution in [1.29, 1.82) is 0 Å². The molecule has 0 heterocycles. The Balaban J connectivity index is 1.54. The molecule has 0 bridgehead atoms. The third-order valence-corrected chi connectivity index (χ3v) is 6.47. The van der Waals surface area contributed by atoms with Crippen LogP contribution < -0.4 is 0 Å². The van der Waals surface area contributed by atoms with Crippen molar-refractivity contribution in [2.75, 3.05) is 0 Å². The quantitative estimate of drug-likeness (QED) is 0.380. The van der Waals surface area contributed by atoms with Crippen LogP contribution in [0.25, 0.3) is 21.9 Å². The standard InChI is InChI=1S/C26H27F3/c1-2-3-4-17-5-7-18(8-6-17)19-9-10-21-14-22(12-11-20(21)13-19)23-15-24(27)26(29)25(28)16-23/h9-18H,2-8H2,1H3/t17-,18-. The second kappa shape index (κ2) is 8.61. The molecule has 0 N–H and O–H groups in total. The number of fused-ring (bicyclic) bond motifs is 1. The van der Waals surface area contributed by atoms with Crippen molar-refractivity contribution in [3.05, 3.63) is 71.5 Å². The smallest absolute Gasteiger partial charge is 0.194 e. The molecule has 1 fully saturated rings. The Labute approximate surface area is 170 Å². The molecule has 1 aliphatic carbocycles. The van der Waals surface area contributed by atoms with Gasteiger partial charge in [-0.3, -0.25) is 0 Å². The first-order valence-corrected chi connectivity index (χ1v) is 10.7. The molecule has 152 valence electrons. The number of benzene rings is 3. The van der Waals surface area contributed by atoms with Gasteiger partial charge in [-0.15, -0.1) is 0 Å². The summed E-state index contributed by atoms with van der Waals surface area (Å²) < 4.78 is 40.4. The first-order chi connectivity index (χ1) is 14.0. The first-order valence-electron chi connectivity index (χ1n) is 10.7.